The predicted octanol–water partition coefficient (Wildman–Crippen LogP) is 4.44. The van der Waals surface area contributed by atoms with Gasteiger partial charge in [-0.05, 0) is 54.8 Å². The molecule has 1 amide bonds. The van der Waals surface area contributed by atoms with E-state index < -0.39 is 5.97 Å². The molecule has 0 unspecified atom stereocenters. The molecule has 1 N–H and O–H groups in total. The first-order valence-corrected chi connectivity index (χ1v) is 10.4. The normalized spacial score (nSPS) is 10.5. The summed E-state index contributed by atoms with van der Waals surface area (Å²) in [5, 5.41) is 11.7. The van der Waals surface area contributed by atoms with Crippen molar-refractivity contribution in [1.82, 2.24) is 10.2 Å². The van der Waals surface area contributed by atoms with E-state index in [9.17, 15) is 9.59 Å². The van der Waals surface area contributed by atoms with Gasteiger partial charge in [0.15, 0.2) is 11.6 Å². The highest BCUT2D eigenvalue weighted by Gasteiger charge is 2.15. The van der Waals surface area contributed by atoms with Gasteiger partial charge >= 0.3 is 5.97 Å². The molecule has 0 bridgehead atoms. The van der Waals surface area contributed by atoms with Crippen LogP contribution in [0.3, 0.4) is 0 Å². The fourth-order valence-electron chi connectivity index (χ4n) is 2.51. The smallest absolute Gasteiger partial charge is 0.344 e. The lowest BCUT2D eigenvalue weighted by Crippen LogP contribution is -2.15. The average Bonchev–Trinajstić information content (AvgIpc) is 3.21. The maximum absolute atomic E-state index is 12.3. The van der Waals surface area contributed by atoms with E-state index >= 15 is 0 Å². The van der Waals surface area contributed by atoms with Crippen molar-refractivity contribution < 1.29 is 19.1 Å². The van der Waals surface area contributed by atoms with Gasteiger partial charge in [-0.25, -0.2) is 4.79 Å². The van der Waals surface area contributed by atoms with Crippen LogP contribution in [0.5, 0.6) is 5.75 Å². The second-order valence-electron chi connectivity index (χ2n) is 6.36. The Morgan fingerprint density at radius 1 is 1.13 bits per heavy atom. The van der Waals surface area contributed by atoms with E-state index in [1.165, 1.54) is 5.56 Å². The van der Waals surface area contributed by atoms with Gasteiger partial charge in [-0.2, -0.15) is 0 Å². The summed E-state index contributed by atoms with van der Waals surface area (Å²) < 4.78 is 10.6. The van der Waals surface area contributed by atoms with Crippen LogP contribution in [0.2, 0.25) is 5.02 Å². The molecule has 3 aromatic rings. The van der Waals surface area contributed by atoms with Crippen LogP contribution in [0, 0.1) is 6.92 Å². The first-order valence-electron chi connectivity index (χ1n) is 9.22. The lowest BCUT2D eigenvalue weighted by atomic mass is 10.1. The fraction of sp³-hybridized carbons (Fsp3) is 0.238. The van der Waals surface area contributed by atoms with E-state index in [1.54, 1.807) is 18.2 Å². The molecule has 156 valence electrons. The molecule has 0 atom stereocenters. The Balaban J connectivity index is 1.47. The maximum atomic E-state index is 12.3. The number of halogens is 1. The summed E-state index contributed by atoms with van der Waals surface area (Å²) in [5.41, 5.74) is 2.68. The van der Waals surface area contributed by atoms with E-state index in [1.807, 2.05) is 31.2 Å². The molecule has 0 aliphatic carbocycles. The number of anilines is 1. The number of esters is 1. The highest BCUT2D eigenvalue weighted by Crippen LogP contribution is 2.22. The van der Waals surface area contributed by atoms with Gasteiger partial charge in [0.25, 0.3) is 5.91 Å². The Hall–Kier alpha value is -2.97. The monoisotopic (exact) mass is 445 g/mol. The van der Waals surface area contributed by atoms with Crippen molar-refractivity contribution in [3.63, 3.8) is 0 Å². The summed E-state index contributed by atoms with van der Waals surface area (Å²) >= 11 is 6.95. The minimum Gasteiger partial charge on any atom is -0.482 e. The molecule has 1 aromatic heterocycles. The topological polar surface area (TPSA) is 90.4 Å². The lowest BCUT2D eigenvalue weighted by molar-refractivity contribution is -0.147. The second-order valence-corrected chi connectivity index (χ2v) is 7.86. The van der Waals surface area contributed by atoms with E-state index in [0.717, 1.165) is 23.3 Å². The zero-order chi connectivity index (χ0) is 21.5. The number of rotatable bonds is 8. The Morgan fingerprint density at radius 3 is 2.60 bits per heavy atom. The number of aryl methyl sites for hydroxylation is 2. The summed E-state index contributed by atoms with van der Waals surface area (Å²) in [6, 6.07) is 12.7. The summed E-state index contributed by atoms with van der Waals surface area (Å²) in [4.78, 5) is 24.2. The van der Waals surface area contributed by atoms with Crippen LogP contribution in [0.1, 0.15) is 32.9 Å². The molecule has 0 aliphatic rings. The standard InChI is InChI=1S/C21H20ClN3O4S/c1-3-14-4-7-16(8-5-14)23-20(27)21-25-24-18(30-21)11-29-19(26)12-28-17-9-6-15(22)10-13(17)2/h4-10H,3,11-12H2,1-2H3,(H,23,27). The molecular formula is C21H20ClN3O4S. The minimum atomic E-state index is -0.554. The predicted molar refractivity (Wildman–Crippen MR) is 115 cm³/mol. The van der Waals surface area contributed by atoms with Gasteiger partial charge in [0.1, 0.15) is 12.4 Å². The number of nitrogens with one attached hydrogen (secondary N) is 1. The van der Waals surface area contributed by atoms with E-state index in [2.05, 4.69) is 22.4 Å². The highest BCUT2D eigenvalue weighted by atomic mass is 35.5. The first-order chi connectivity index (χ1) is 14.4. The third-order valence-electron chi connectivity index (χ3n) is 4.12. The average molecular weight is 446 g/mol. The van der Waals surface area contributed by atoms with E-state index in [4.69, 9.17) is 21.1 Å². The summed E-state index contributed by atoms with van der Waals surface area (Å²) in [7, 11) is 0. The SMILES string of the molecule is CCc1ccc(NC(=O)c2nnc(COC(=O)COc3ccc(Cl)cc3C)s2)cc1. The number of hydrogen-bond acceptors (Lipinski definition) is 7. The second kappa shape index (κ2) is 10.2. The van der Waals surface area contributed by atoms with Crippen LogP contribution in [-0.4, -0.2) is 28.7 Å². The fourth-order valence-corrected chi connectivity index (χ4v) is 3.38. The van der Waals surface area contributed by atoms with E-state index in [-0.39, 0.29) is 24.1 Å². The molecule has 30 heavy (non-hydrogen) atoms. The summed E-state index contributed by atoms with van der Waals surface area (Å²) in [5.74, 6) is -0.365. The minimum absolute atomic E-state index is 0.0854. The molecule has 3 rings (SSSR count). The summed E-state index contributed by atoms with van der Waals surface area (Å²) in [6.45, 7) is 3.56. The van der Waals surface area contributed by atoms with Gasteiger partial charge in [0, 0.05) is 10.7 Å². The third-order valence-corrected chi connectivity index (χ3v) is 5.25. The van der Waals surface area contributed by atoms with E-state index in [0.29, 0.717) is 21.5 Å². The highest BCUT2D eigenvalue weighted by molar-refractivity contribution is 7.13. The molecule has 0 fully saturated rings. The van der Waals surface area contributed by atoms with Crippen molar-refractivity contribution in [2.75, 3.05) is 11.9 Å². The number of amides is 1. The van der Waals surface area contributed by atoms with Crippen molar-refractivity contribution in [2.45, 2.75) is 26.9 Å². The number of nitrogens with zero attached hydrogens (tertiary/aromatic N) is 2. The van der Waals surface area contributed by atoms with Gasteiger partial charge in [-0.3, -0.25) is 4.79 Å². The lowest BCUT2D eigenvalue weighted by Gasteiger charge is -2.08. The van der Waals surface area contributed by atoms with Crippen LogP contribution in [-0.2, 0) is 22.6 Å². The number of hydrogen-bond donors (Lipinski definition) is 1. The third kappa shape index (κ3) is 6.01. The van der Waals surface area contributed by atoms with Crippen molar-refractivity contribution in [1.29, 1.82) is 0 Å². The number of ether oxygens (including phenoxy) is 2. The quantitative estimate of drug-likeness (QED) is 0.515. The van der Waals surface area contributed by atoms with Gasteiger partial charge in [-0.1, -0.05) is 42.0 Å². The zero-order valence-electron chi connectivity index (χ0n) is 16.5. The zero-order valence-corrected chi connectivity index (χ0v) is 18.0. The van der Waals surface area contributed by atoms with Crippen LogP contribution in [0.25, 0.3) is 0 Å². The van der Waals surface area contributed by atoms with Gasteiger partial charge in [0.05, 0.1) is 0 Å². The van der Waals surface area contributed by atoms with Gasteiger partial charge < -0.3 is 14.8 Å². The first kappa shape index (κ1) is 21.7. The largest absolute Gasteiger partial charge is 0.482 e. The Kier molecular flexibility index (Phi) is 7.37. The number of carbonyl (C=O) groups excluding carboxylic acids is 2. The molecular weight excluding hydrogens is 426 g/mol. The van der Waals surface area contributed by atoms with Crippen molar-refractivity contribution in [3.8, 4) is 5.75 Å². The van der Waals surface area contributed by atoms with Crippen molar-refractivity contribution in [2.24, 2.45) is 0 Å². The van der Waals surface area contributed by atoms with Crippen LogP contribution in [0.15, 0.2) is 42.5 Å². The number of carbonyl (C=O) groups is 2. The molecule has 1 heterocycles. The Morgan fingerprint density at radius 2 is 1.90 bits per heavy atom. The molecule has 9 heteroatoms. The Bertz CT molecular complexity index is 1040. The van der Waals surface area contributed by atoms with Crippen LogP contribution < -0.4 is 10.1 Å². The van der Waals surface area contributed by atoms with Crippen LogP contribution in [0.4, 0.5) is 5.69 Å². The molecule has 0 saturated carbocycles. The maximum Gasteiger partial charge on any atom is 0.344 e. The molecule has 0 radical (unpaired) electrons. The molecule has 0 aliphatic heterocycles. The molecule has 7 nitrogen and oxygen atoms in total. The van der Waals surface area contributed by atoms with Crippen molar-refractivity contribution in [3.05, 3.63) is 68.6 Å². The number of aromatic nitrogens is 2. The number of benzene rings is 2. The molecule has 0 saturated heterocycles. The Labute approximate surface area is 183 Å². The summed E-state index contributed by atoms with van der Waals surface area (Å²) in [6.07, 6.45) is 0.928. The van der Waals surface area contributed by atoms with Gasteiger partial charge in [-0.15, -0.1) is 10.2 Å². The van der Waals surface area contributed by atoms with Crippen LogP contribution >= 0.6 is 22.9 Å². The molecule has 2 aromatic carbocycles. The van der Waals surface area contributed by atoms with Crippen molar-refractivity contribution >= 4 is 40.5 Å². The van der Waals surface area contributed by atoms with Gasteiger partial charge in [0.2, 0.25) is 5.01 Å². The molecule has 0 spiro atoms.